The van der Waals surface area contributed by atoms with E-state index in [1.807, 2.05) is 25.7 Å². The van der Waals surface area contributed by atoms with E-state index in [9.17, 15) is 4.79 Å². The third-order valence-electron chi connectivity index (χ3n) is 4.79. The Kier molecular flexibility index (Phi) is 3.79. The van der Waals surface area contributed by atoms with E-state index < -0.39 is 5.60 Å². The van der Waals surface area contributed by atoms with Crippen molar-refractivity contribution in [2.24, 2.45) is 0 Å². The zero-order valence-corrected chi connectivity index (χ0v) is 13.8. The molecule has 0 atom stereocenters. The lowest BCUT2D eigenvalue weighted by atomic mass is 9.68. The minimum atomic E-state index is -0.423. The highest BCUT2D eigenvalue weighted by atomic mass is 16.6. The molecule has 1 saturated heterocycles. The molecule has 0 bridgehead atoms. The van der Waals surface area contributed by atoms with Gasteiger partial charge in [0, 0.05) is 30.7 Å². The Balaban J connectivity index is 1.71. The largest absolute Gasteiger partial charge is 0.444 e. The lowest BCUT2D eigenvalue weighted by molar-refractivity contribution is 0.0159. The summed E-state index contributed by atoms with van der Waals surface area (Å²) in [4.78, 5) is 14.1. The van der Waals surface area contributed by atoms with Crippen LogP contribution >= 0.6 is 0 Å². The maximum Gasteiger partial charge on any atom is 0.410 e. The minimum Gasteiger partial charge on any atom is -0.444 e. The van der Waals surface area contributed by atoms with Gasteiger partial charge in [0.05, 0.1) is 0 Å². The van der Waals surface area contributed by atoms with Crippen molar-refractivity contribution < 1.29 is 9.53 Å². The predicted molar refractivity (Wildman–Crippen MR) is 88.3 cm³/mol. The van der Waals surface area contributed by atoms with Gasteiger partial charge in [-0.05, 0) is 51.7 Å². The number of carbonyl (C=O) groups is 1. The van der Waals surface area contributed by atoms with Crippen LogP contribution < -0.4 is 5.32 Å². The lowest BCUT2D eigenvalue weighted by Crippen LogP contribution is -2.48. The molecule has 0 radical (unpaired) electrons. The van der Waals surface area contributed by atoms with E-state index in [-0.39, 0.29) is 11.5 Å². The molecule has 0 aliphatic carbocycles. The van der Waals surface area contributed by atoms with Crippen LogP contribution in [-0.4, -0.2) is 36.2 Å². The smallest absolute Gasteiger partial charge is 0.410 e. The molecule has 1 N–H and O–H groups in total. The number of ether oxygens (including phenoxy) is 1. The molecule has 1 spiro atoms. The number of likely N-dealkylation sites (tertiary alicyclic amines) is 1. The van der Waals surface area contributed by atoms with Gasteiger partial charge in [-0.1, -0.05) is 18.2 Å². The van der Waals surface area contributed by atoms with E-state index in [1.54, 1.807) is 0 Å². The van der Waals surface area contributed by atoms with E-state index in [0.717, 1.165) is 38.9 Å². The second kappa shape index (κ2) is 5.49. The molecular formula is C18H26N2O2. The van der Waals surface area contributed by atoms with Gasteiger partial charge in [0.25, 0.3) is 0 Å². The minimum absolute atomic E-state index is 0.176. The average molecular weight is 302 g/mol. The van der Waals surface area contributed by atoms with E-state index in [4.69, 9.17) is 4.74 Å². The van der Waals surface area contributed by atoms with Gasteiger partial charge >= 0.3 is 6.09 Å². The first-order chi connectivity index (χ1) is 10.4. The van der Waals surface area contributed by atoms with Crippen molar-refractivity contribution in [3.8, 4) is 0 Å². The summed E-state index contributed by atoms with van der Waals surface area (Å²) in [5, 5.41) is 3.49. The fourth-order valence-electron chi connectivity index (χ4n) is 3.63. The van der Waals surface area contributed by atoms with Crippen LogP contribution in [0.4, 0.5) is 10.5 Å². The third-order valence-corrected chi connectivity index (χ3v) is 4.79. The first-order valence-electron chi connectivity index (χ1n) is 8.21. The molecule has 0 unspecified atom stereocenters. The molecule has 4 nitrogen and oxygen atoms in total. The first kappa shape index (κ1) is 15.2. The van der Waals surface area contributed by atoms with Crippen LogP contribution in [0.2, 0.25) is 0 Å². The number of benzene rings is 1. The van der Waals surface area contributed by atoms with Gasteiger partial charge in [-0.25, -0.2) is 4.79 Å². The number of nitrogens with one attached hydrogen (secondary N) is 1. The van der Waals surface area contributed by atoms with Crippen molar-refractivity contribution in [1.82, 2.24) is 4.90 Å². The monoisotopic (exact) mass is 302 g/mol. The van der Waals surface area contributed by atoms with E-state index in [2.05, 4.69) is 29.6 Å². The molecule has 0 saturated carbocycles. The van der Waals surface area contributed by atoms with Gasteiger partial charge in [0.15, 0.2) is 0 Å². The van der Waals surface area contributed by atoms with Crippen molar-refractivity contribution in [3.63, 3.8) is 0 Å². The number of amides is 1. The van der Waals surface area contributed by atoms with Crippen LogP contribution in [0.5, 0.6) is 0 Å². The molecular weight excluding hydrogens is 276 g/mol. The molecule has 3 rings (SSSR count). The van der Waals surface area contributed by atoms with Gasteiger partial charge in [-0.3, -0.25) is 0 Å². The van der Waals surface area contributed by atoms with Crippen LogP contribution in [0.25, 0.3) is 0 Å². The lowest BCUT2D eigenvalue weighted by Gasteiger charge is -2.45. The molecule has 2 aliphatic rings. The summed E-state index contributed by atoms with van der Waals surface area (Å²) in [6.45, 7) is 8.33. The fourth-order valence-corrected chi connectivity index (χ4v) is 3.63. The van der Waals surface area contributed by atoms with Crippen LogP contribution in [0.3, 0.4) is 0 Å². The van der Waals surface area contributed by atoms with Crippen molar-refractivity contribution >= 4 is 11.8 Å². The summed E-state index contributed by atoms with van der Waals surface area (Å²) < 4.78 is 5.50. The third kappa shape index (κ3) is 2.92. The highest BCUT2D eigenvalue weighted by Gasteiger charge is 2.40. The molecule has 120 valence electrons. The topological polar surface area (TPSA) is 41.6 Å². The molecule has 4 heteroatoms. The number of hydrogen-bond acceptors (Lipinski definition) is 3. The molecule has 1 fully saturated rings. The molecule has 2 heterocycles. The summed E-state index contributed by atoms with van der Waals surface area (Å²) in [6, 6.07) is 8.61. The summed E-state index contributed by atoms with van der Waals surface area (Å²) in [5.74, 6) is 0. The van der Waals surface area contributed by atoms with Crippen LogP contribution in [-0.2, 0) is 10.2 Å². The Morgan fingerprint density at radius 2 is 1.86 bits per heavy atom. The first-order valence-corrected chi connectivity index (χ1v) is 8.21. The maximum atomic E-state index is 12.2. The predicted octanol–water partition coefficient (Wildman–Crippen LogP) is 3.77. The standard InChI is InChI=1S/C18H26N2O2/c1-17(2,3)22-16(21)20-12-9-18(10-13-20)8-11-19-15-7-5-4-6-14(15)18/h4-7,19H,8-13H2,1-3H3. The number of carbonyl (C=O) groups excluding carboxylic acids is 1. The normalized spacial score (nSPS) is 20.2. The Morgan fingerprint density at radius 1 is 1.18 bits per heavy atom. The van der Waals surface area contributed by atoms with Crippen LogP contribution in [0.1, 0.15) is 45.6 Å². The number of nitrogens with zero attached hydrogens (tertiary/aromatic N) is 1. The number of hydrogen-bond donors (Lipinski definition) is 1. The van der Waals surface area contributed by atoms with Gasteiger partial charge in [-0.2, -0.15) is 0 Å². The van der Waals surface area contributed by atoms with E-state index in [1.165, 1.54) is 11.3 Å². The Bertz CT molecular complexity index is 554. The molecule has 2 aliphatic heterocycles. The van der Waals surface area contributed by atoms with Gasteiger partial charge in [0.2, 0.25) is 0 Å². The molecule has 22 heavy (non-hydrogen) atoms. The van der Waals surface area contributed by atoms with Crippen LogP contribution in [0.15, 0.2) is 24.3 Å². The number of fused-ring (bicyclic) bond motifs is 2. The highest BCUT2D eigenvalue weighted by molar-refractivity contribution is 5.68. The van der Waals surface area contributed by atoms with Crippen molar-refractivity contribution in [3.05, 3.63) is 29.8 Å². The van der Waals surface area contributed by atoms with E-state index >= 15 is 0 Å². The van der Waals surface area contributed by atoms with Gasteiger partial charge in [-0.15, -0.1) is 0 Å². The van der Waals surface area contributed by atoms with Crippen molar-refractivity contribution in [2.75, 3.05) is 25.0 Å². The molecule has 1 aromatic carbocycles. The van der Waals surface area contributed by atoms with Gasteiger partial charge < -0.3 is 15.0 Å². The fraction of sp³-hybridized carbons (Fsp3) is 0.611. The Labute approximate surface area is 132 Å². The second-order valence-corrected chi connectivity index (χ2v) is 7.47. The zero-order chi connectivity index (χ0) is 15.8. The molecule has 0 aromatic heterocycles. The quantitative estimate of drug-likeness (QED) is 0.793. The maximum absolute atomic E-state index is 12.2. The van der Waals surface area contributed by atoms with Gasteiger partial charge in [0.1, 0.15) is 5.60 Å². The summed E-state index contributed by atoms with van der Waals surface area (Å²) in [5.41, 5.74) is 2.48. The SMILES string of the molecule is CC(C)(C)OC(=O)N1CCC2(CCNc3ccccc32)CC1. The summed E-state index contributed by atoms with van der Waals surface area (Å²) in [6.07, 6.45) is 3.01. The summed E-state index contributed by atoms with van der Waals surface area (Å²) in [7, 11) is 0. The second-order valence-electron chi connectivity index (χ2n) is 7.47. The number of rotatable bonds is 0. The number of piperidine rings is 1. The zero-order valence-electron chi connectivity index (χ0n) is 13.8. The number of anilines is 1. The van der Waals surface area contributed by atoms with Crippen molar-refractivity contribution in [2.45, 2.75) is 51.0 Å². The van der Waals surface area contributed by atoms with Crippen LogP contribution in [0, 0.1) is 0 Å². The summed E-state index contributed by atoms with van der Waals surface area (Å²) >= 11 is 0. The molecule has 1 amide bonds. The number of para-hydroxylation sites is 1. The van der Waals surface area contributed by atoms with E-state index in [0.29, 0.717) is 0 Å². The Hall–Kier alpha value is -1.71. The Morgan fingerprint density at radius 3 is 2.55 bits per heavy atom. The molecule has 1 aromatic rings. The van der Waals surface area contributed by atoms with Crippen molar-refractivity contribution in [1.29, 1.82) is 0 Å². The highest BCUT2D eigenvalue weighted by Crippen LogP contribution is 2.44. The average Bonchev–Trinajstić information content (AvgIpc) is 2.47.